The van der Waals surface area contributed by atoms with Gasteiger partial charge >= 0.3 is 0 Å². The van der Waals surface area contributed by atoms with E-state index in [2.05, 4.69) is 25.2 Å². The Bertz CT molecular complexity index is 694. The number of carbonyl (C=O) groups is 1. The summed E-state index contributed by atoms with van der Waals surface area (Å²) in [6.07, 6.45) is 1.85. The van der Waals surface area contributed by atoms with Crippen LogP contribution in [0.5, 0.6) is 0 Å². The number of nitrogens with one attached hydrogen (secondary N) is 1. The number of amides is 1. The van der Waals surface area contributed by atoms with Crippen molar-refractivity contribution in [2.24, 2.45) is 5.92 Å². The van der Waals surface area contributed by atoms with Crippen LogP contribution in [0.2, 0.25) is 0 Å². The molecule has 0 bridgehead atoms. The van der Waals surface area contributed by atoms with Crippen molar-refractivity contribution in [2.75, 3.05) is 23.3 Å². The molecule has 0 aliphatic carbocycles. The number of hydrogen-bond donors (Lipinski definition) is 1. The second kappa shape index (κ2) is 6.62. The molecule has 1 aliphatic heterocycles. The van der Waals surface area contributed by atoms with Gasteiger partial charge in [-0.15, -0.1) is 11.3 Å². The lowest BCUT2D eigenvalue weighted by molar-refractivity contribution is -0.120. The van der Waals surface area contributed by atoms with Gasteiger partial charge in [-0.25, -0.2) is 15.0 Å². The lowest BCUT2D eigenvalue weighted by Gasteiger charge is -2.32. The molecule has 2 aromatic heterocycles. The van der Waals surface area contributed by atoms with Crippen LogP contribution in [-0.4, -0.2) is 33.9 Å². The van der Waals surface area contributed by atoms with E-state index in [-0.39, 0.29) is 11.8 Å². The zero-order valence-electron chi connectivity index (χ0n) is 13.7. The van der Waals surface area contributed by atoms with E-state index in [1.54, 1.807) is 0 Å². The number of thiazole rings is 1. The van der Waals surface area contributed by atoms with Gasteiger partial charge in [-0.2, -0.15) is 0 Å². The normalized spacial score (nSPS) is 18.0. The first-order valence-corrected chi connectivity index (χ1v) is 8.69. The summed E-state index contributed by atoms with van der Waals surface area (Å²) in [7, 11) is 0. The molecule has 1 N–H and O–H groups in total. The minimum atomic E-state index is -0.0580. The van der Waals surface area contributed by atoms with E-state index < -0.39 is 0 Å². The Morgan fingerprint density at radius 1 is 1.22 bits per heavy atom. The van der Waals surface area contributed by atoms with Crippen molar-refractivity contribution < 1.29 is 4.79 Å². The van der Waals surface area contributed by atoms with Crippen LogP contribution in [0.3, 0.4) is 0 Å². The van der Waals surface area contributed by atoms with Crippen molar-refractivity contribution in [1.29, 1.82) is 0 Å². The molecule has 122 valence electrons. The molecule has 7 heteroatoms. The summed E-state index contributed by atoms with van der Waals surface area (Å²) in [6, 6.07) is 1.96. The fourth-order valence-electron chi connectivity index (χ4n) is 2.84. The third kappa shape index (κ3) is 3.85. The third-order valence-corrected chi connectivity index (χ3v) is 4.77. The lowest BCUT2D eigenvalue weighted by Crippen LogP contribution is -2.41. The first-order valence-electron chi connectivity index (χ1n) is 7.81. The predicted octanol–water partition coefficient (Wildman–Crippen LogP) is 2.71. The number of rotatable bonds is 3. The first kappa shape index (κ1) is 15.9. The molecule has 2 aromatic rings. The molecule has 1 saturated heterocycles. The topological polar surface area (TPSA) is 71.0 Å². The Kier molecular flexibility index (Phi) is 4.56. The van der Waals surface area contributed by atoms with Crippen molar-refractivity contribution in [3.05, 3.63) is 28.5 Å². The zero-order chi connectivity index (χ0) is 16.4. The lowest BCUT2D eigenvalue weighted by atomic mass is 9.97. The Balaban J connectivity index is 1.69. The summed E-state index contributed by atoms with van der Waals surface area (Å²) >= 11 is 1.46. The summed E-state index contributed by atoms with van der Waals surface area (Å²) in [5, 5.41) is 5.54. The molecule has 0 spiro atoms. The number of aromatic nitrogens is 3. The van der Waals surface area contributed by atoms with Crippen molar-refractivity contribution in [2.45, 2.75) is 33.6 Å². The van der Waals surface area contributed by atoms with Gasteiger partial charge in [-0.3, -0.25) is 4.79 Å². The van der Waals surface area contributed by atoms with E-state index in [9.17, 15) is 4.79 Å². The van der Waals surface area contributed by atoms with Gasteiger partial charge in [-0.05, 0) is 39.7 Å². The molecule has 23 heavy (non-hydrogen) atoms. The Hall–Kier alpha value is -2.02. The molecular weight excluding hydrogens is 310 g/mol. The fourth-order valence-corrected chi connectivity index (χ4v) is 3.53. The molecule has 0 saturated carbocycles. The second-order valence-corrected chi connectivity index (χ2v) is 6.88. The summed E-state index contributed by atoms with van der Waals surface area (Å²) in [6.45, 7) is 7.41. The van der Waals surface area contributed by atoms with Crippen molar-refractivity contribution in [3.63, 3.8) is 0 Å². The summed E-state index contributed by atoms with van der Waals surface area (Å²) in [5.74, 6) is 0.705. The van der Waals surface area contributed by atoms with Crippen LogP contribution in [0.15, 0.2) is 11.4 Å². The maximum atomic E-state index is 12.5. The van der Waals surface area contributed by atoms with Crippen LogP contribution in [-0.2, 0) is 4.79 Å². The number of anilines is 2. The van der Waals surface area contributed by atoms with Crippen LogP contribution in [0.4, 0.5) is 11.1 Å². The highest BCUT2D eigenvalue weighted by Crippen LogP contribution is 2.23. The van der Waals surface area contributed by atoms with E-state index in [0.29, 0.717) is 11.7 Å². The number of nitrogens with zero attached hydrogens (tertiary/aromatic N) is 4. The molecule has 1 atom stereocenters. The number of piperidine rings is 1. The van der Waals surface area contributed by atoms with Crippen LogP contribution < -0.4 is 10.2 Å². The highest BCUT2D eigenvalue weighted by molar-refractivity contribution is 7.13. The average molecular weight is 331 g/mol. The van der Waals surface area contributed by atoms with Gasteiger partial charge in [0.15, 0.2) is 5.13 Å². The number of carbonyl (C=O) groups excluding carboxylic acids is 1. The SMILES string of the molecule is Cc1cc(C)nc(N2CCCC(C(=O)Nc3nc(C)cs3)C2)n1. The Labute approximate surface area is 140 Å². The molecule has 1 aliphatic rings. The van der Waals surface area contributed by atoms with E-state index >= 15 is 0 Å². The molecule has 0 aromatic carbocycles. The van der Waals surface area contributed by atoms with Crippen molar-refractivity contribution >= 4 is 28.3 Å². The van der Waals surface area contributed by atoms with Crippen molar-refractivity contribution in [3.8, 4) is 0 Å². The van der Waals surface area contributed by atoms with Crippen LogP contribution in [0.25, 0.3) is 0 Å². The molecule has 0 radical (unpaired) electrons. The molecule has 3 rings (SSSR count). The van der Waals surface area contributed by atoms with Gasteiger partial charge in [0.2, 0.25) is 11.9 Å². The number of aryl methyl sites for hydroxylation is 3. The summed E-state index contributed by atoms with van der Waals surface area (Å²) < 4.78 is 0. The largest absolute Gasteiger partial charge is 0.340 e. The highest BCUT2D eigenvalue weighted by Gasteiger charge is 2.27. The average Bonchev–Trinajstić information content (AvgIpc) is 2.91. The standard InChI is InChI=1S/C16H21N5OS/c1-10-7-11(2)18-15(17-10)21-6-4-5-13(8-21)14(22)20-16-19-12(3)9-23-16/h7,9,13H,4-6,8H2,1-3H3,(H,19,20,22). The molecular formula is C16H21N5OS. The van der Waals surface area contributed by atoms with Gasteiger partial charge in [0, 0.05) is 29.9 Å². The first-order chi connectivity index (χ1) is 11.0. The fraction of sp³-hybridized carbons (Fsp3) is 0.500. The van der Waals surface area contributed by atoms with Gasteiger partial charge < -0.3 is 10.2 Å². The van der Waals surface area contributed by atoms with Crippen LogP contribution in [0, 0.1) is 26.7 Å². The maximum Gasteiger partial charge on any atom is 0.231 e. The Morgan fingerprint density at radius 3 is 2.61 bits per heavy atom. The number of hydrogen-bond acceptors (Lipinski definition) is 6. The van der Waals surface area contributed by atoms with Gasteiger partial charge in [0.05, 0.1) is 11.6 Å². The van der Waals surface area contributed by atoms with Gasteiger partial charge in [0.1, 0.15) is 0 Å². The molecule has 1 fully saturated rings. The van der Waals surface area contributed by atoms with Gasteiger partial charge in [-0.1, -0.05) is 0 Å². The smallest absolute Gasteiger partial charge is 0.231 e. The quantitative estimate of drug-likeness (QED) is 0.936. The minimum absolute atomic E-state index is 0.0356. The maximum absolute atomic E-state index is 12.5. The third-order valence-electron chi connectivity index (χ3n) is 3.89. The molecule has 1 amide bonds. The second-order valence-electron chi connectivity index (χ2n) is 6.02. The minimum Gasteiger partial charge on any atom is -0.340 e. The predicted molar refractivity (Wildman–Crippen MR) is 91.9 cm³/mol. The summed E-state index contributed by atoms with van der Waals surface area (Å²) in [5.41, 5.74) is 2.84. The van der Waals surface area contributed by atoms with E-state index in [1.807, 2.05) is 32.2 Å². The summed E-state index contributed by atoms with van der Waals surface area (Å²) in [4.78, 5) is 27.9. The molecule has 3 heterocycles. The van der Waals surface area contributed by atoms with Crippen LogP contribution >= 0.6 is 11.3 Å². The Morgan fingerprint density at radius 2 is 1.96 bits per heavy atom. The monoisotopic (exact) mass is 331 g/mol. The highest BCUT2D eigenvalue weighted by atomic mass is 32.1. The van der Waals surface area contributed by atoms with Crippen LogP contribution in [0.1, 0.15) is 29.9 Å². The van der Waals surface area contributed by atoms with E-state index in [0.717, 1.165) is 42.4 Å². The zero-order valence-corrected chi connectivity index (χ0v) is 14.5. The molecule has 1 unspecified atom stereocenters. The van der Waals surface area contributed by atoms with Gasteiger partial charge in [0.25, 0.3) is 0 Å². The molecule has 6 nitrogen and oxygen atoms in total. The van der Waals surface area contributed by atoms with E-state index in [1.165, 1.54) is 11.3 Å². The van der Waals surface area contributed by atoms with Crippen molar-refractivity contribution in [1.82, 2.24) is 15.0 Å². The van der Waals surface area contributed by atoms with E-state index in [4.69, 9.17) is 0 Å².